The van der Waals surface area contributed by atoms with Crippen molar-refractivity contribution in [2.24, 2.45) is 0 Å². The van der Waals surface area contributed by atoms with Crippen LogP contribution in [0.1, 0.15) is 5.56 Å². The van der Waals surface area contributed by atoms with Gasteiger partial charge in [0.2, 0.25) is 11.7 Å². The van der Waals surface area contributed by atoms with Crippen molar-refractivity contribution in [3.8, 4) is 11.4 Å². The molecule has 1 heterocycles. The van der Waals surface area contributed by atoms with Gasteiger partial charge in [-0.1, -0.05) is 24.3 Å². The van der Waals surface area contributed by atoms with E-state index >= 15 is 0 Å². The van der Waals surface area contributed by atoms with Gasteiger partial charge in [-0.15, -0.1) is 10.2 Å². The first-order chi connectivity index (χ1) is 11.5. The van der Waals surface area contributed by atoms with Crippen LogP contribution in [0.15, 0.2) is 42.5 Å². The lowest BCUT2D eigenvalue weighted by Gasteiger charge is -2.04. The summed E-state index contributed by atoms with van der Waals surface area (Å²) in [5.74, 6) is -1.66. The van der Waals surface area contributed by atoms with Crippen LogP contribution in [0.3, 0.4) is 0 Å². The topological polar surface area (TPSA) is 72.7 Å². The van der Waals surface area contributed by atoms with Gasteiger partial charge in [-0.2, -0.15) is 4.80 Å². The number of aryl methyl sites for hydroxylation is 1. The highest BCUT2D eigenvalue weighted by molar-refractivity contribution is 5.90. The second kappa shape index (κ2) is 6.53. The van der Waals surface area contributed by atoms with Gasteiger partial charge in [0.1, 0.15) is 18.2 Å². The van der Waals surface area contributed by atoms with Gasteiger partial charge >= 0.3 is 0 Å². The van der Waals surface area contributed by atoms with E-state index in [2.05, 4.69) is 20.7 Å². The SMILES string of the molecule is Cc1ccccc1-c1nnn(CC(=O)Nc2cc(F)cc(F)c2)n1. The molecular weight excluding hydrogens is 316 g/mol. The van der Waals surface area contributed by atoms with E-state index in [4.69, 9.17) is 0 Å². The minimum absolute atomic E-state index is 0.0248. The standard InChI is InChI=1S/C16H13F2N5O/c1-10-4-2-3-5-14(10)16-20-22-23(21-16)9-15(24)19-13-7-11(17)6-12(18)8-13/h2-8H,9H2,1H3,(H,19,24). The Hall–Kier alpha value is -3.16. The van der Waals surface area contributed by atoms with Crippen LogP contribution in [0.25, 0.3) is 11.4 Å². The van der Waals surface area contributed by atoms with E-state index in [-0.39, 0.29) is 12.2 Å². The van der Waals surface area contributed by atoms with Crippen LogP contribution in [0.5, 0.6) is 0 Å². The molecule has 0 atom stereocenters. The number of carbonyl (C=O) groups is 1. The molecule has 24 heavy (non-hydrogen) atoms. The summed E-state index contributed by atoms with van der Waals surface area (Å²) >= 11 is 0. The number of amides is 1. The molecule has 0 spiro atoms. The summed E-state index contributed by atoms with van der Waals surface area (Å²) in [5.41, 5.74) is 1.82. The van der Waals surface area contributed by atoms with E-state index in [1.807, 2.05) is 31.2 Å². The van der Waals surface area contributed by atoms with E-state index in [9.17, 15) is 13.6 Å². The second-order valence-corrected chi connectivity index (χ2v) is 5.16. The third-order valence-corrected chi connectivity index (χ3v) is 3.27. The van der Waals surface area contributed by atoms with Crippen LogP contribution < -0.4 is 5.32 Å². The molecule has 0 fully saturated rings. The average molecular weight is 329 g/mol. The van der Waals surface area contributed by atoms with E-state index in [1.165, 1.54) is 0 Å². The molecule has 0 saturated carbocycles. The fraction of sp³-hybridized carbons (Fsp3) is 0.125. The van der Waals surface area contributed by atoms with E-state index in [1.54, 1.807) is 0 Å². The van der Waals surface area contributed by atoms with E-state index in [0.717, 1.165) is 34.1 Å². The molecule has 0 saturated heterocycles. The first-order valence-corrected chi connectivity index (χ1v) is 7.11. The highest BCUT2D eigenvalue weighted by atomic mass is 19.1. The summed E-state index contributed by atoms with van der Waals surface area (Å²) in [4.78, 5) is 13.1. The van der Waals surface area contributed by atoms with Gasteiger partial charge in [0.05, 0.1) is 0 Å². The van der Waals surface area contributed by atoms with Crippen molar-refractivity contribution >= 4 is 11.6 Å². The number of tetrazole rings is 1. The highest BCUT2D eigenvalue weighted by Crippen LogP contribution is 2.18. The van der Waals surface area contributed by atoms with Crippen molar-refractivity contribution in [1.29, 1.82) is 0 Å². The number of nitrogens with one attached hydrogen (secondary N) is 1. The molecule has 3 aromatic rings. The Balaban J connectivity index is 1.70. The number of anilines is 1. The summed E-state index contributed by atoms with van der Waals surface area (Å²) in [5, 5.41) is 14.3. The van der Waals surface area contributed by atoms with Gasteiger partial charge in [-0.05, 0) is 29.8 Å². The number of nitrogens with zero attached hydrogens (tertiary/aromatic N) is 4. The largest absolute Gasteiger partial charge is 0.324 e. The third kappa shape index (κ3) is 3.60. The first-order valence-electron chi connectivity index (χ1n) is 7.11. The zero-order valence-corrected chi connectivity index (χ0v) is 12.7. The third-order valence-electron chi connectivity index (χ3n) is 3.27. The lowest BCUT2D eigenvalue weighted by atomic mass is 10.1. The molecule has 0 bridgehead atoms. The molecule has 6 nitrogen and oxygen atoms in total. The van der Waals surface area contributed by atoms with Gasteiger partial charge in [-0.3, -0.25) is 4.79 Å². The molecule has 0 aliphatic heterocycles. The van der Waals surface area contributed by atoms with Gasteiger partial charge in [0.15, 0.2) is 0 Å². The fourth-order valence-electron chi connectivity index (χ4n) is 2.20. The lowest BCUT2D eigenvalue weighted by Crippen LogP contribution is -2.20. The zero-order chi connectivity index (χ0) is 17.1. The monoisotopic (exact) mass is 329 g/mol. The molecule has 1 aromatic heterocycles. The second-order valence-electron chi connectivity index (χ2n) is 5.16. The minimum atomic E-state index is -0.772. The van der Waals surface area contributed by atoms with Crippen molar-refractivity contribution in [2.45, 2.75) is 13.5 Å². The number of benzene rings is 2. The highest BCUT2D eigenvalue weighted by Gasteiger charge is 2.11. The molecule has 1 N–H and O–H groups in total. The summed E-state index contributed by atoms with van der Waals surface area (Å²) in [7, 11) is 0. The predicted octanol–water partition coefficient (Wildman–Crippen LogP) is 2.57. The Morgan fingerprint density at radius 3 is 2.58 bits per heavy atom. The molecule has 0 radical (unpaired) electrons. The predicted molar refractivity (Wildman–Crippen MR) is 83.0 cm³/mol. The van der Waals surface area contributed by atoms with Crippen LogP contribution >= 0.6 is 0 Å². The van der Waals surface area contributed by atoms with Crippen LogP contribution in [0.2, 0.25) is 0 Å². The van der Waals surface area contributed by atoms with Gasteiger partial charge in [0.25, 0.3) is 0 Å². The number of rotatable bonds is 4. The molecule has 2 aromatic carbocycles. The quantitative estimate of drug-likeness (QED) is 0.798. The Morgan fingerprint density at radius 1 is 1.17 bits per heavy atom. The van der Waals surface area contributed by atoms with Crippen LogP contribution in [0.4, 0.5) is 14.5 Å². The molecule has 8 heteroatoms. The van der Waals surface area contributed by atoms with E-state index < -0.39 is 17.5 Å². The molecule has 122 valence electrons. The zero-order valence-electron chi connectivity index (χ0n) is 12.7. The van der Waals surface area contributed by atoms with Gasteiger partial charge in [0, 0.05) is 17.3 Å². The maximum absolute atomic E-state index is 13.1. The number of hydrogen-bond donors (Lipinski definition) is 1. The molecule has 0 aliphatic rings. The fourth-order valence-corrected chi connectivity index (χ4v) is 2.20. The average Bonchev–Trinajstić information content (AvgIpc) is 2.94. The van der Waals surface area contributed by atoms with Crippen molar-refractivity contribution in [3.05, 3.63) is 59.7 Å². The summed E-state index contributed by atoms with van der Waals surface area (Å²) < 4.78 is 26.2. The van der Waals surface area contributed by atoms with E-state index in [0.29, 0.717) is 5.82 Å². The molecule has 0 unspecified atom stereocenters. The van der Waals surface area contributed by atoms with Crippen molar-refractivity contribution in [1.82, 2.24) is 20.2 Å². The number of halogens is 2. The maximum atomic E-state index is 13.1. The molecule has 0 aliphatic carbocycles. The Kier molecular flexibility index (Phi) is 4.28. The van der Waals surface area contributed by atoms with Crippen LogP contribution in [0, 0.1) is 18.6 Å². The normalized spacial score (nSPS) is 10.6. The Labute approximate surface area is 136 Å². The summed E-state index contributed by atoms with van der Waals surface area (Å²) in [6, 6.07) is 10.3. The van der Waals surface area contributed by atoms with Crippen molar-refractivity contribution in [2.75, 3.05) is 5.32 Å². The Bertz CT molecular complexity index is 873. The number of aromatic nitrogens is 4. The molecular formula is C16H13F2N5O. The number of hydrogen-bond acceptors (Lipinski definition) is 4. The van der Waals surface area contributed by atoms with Crippen LogP contribution in [-0.4, -0.2) is 26.1 Å². The maximum Gasteiger partial charge on any atom is 0.248 e. The minimum Gasteiger partial charge on any atom is -0.324 e. The van der Waals surface area contributed by atoms with Crippen molar-refractivity contribution < 1.29 is 13.6 Å². The van der Waals surface area contributed by atoms with Crippen LogP contribution in [-0.2, 0) is 11.3 Å². The molecule has 3 rings (SSSR count). The van der Waals surface area contributed by atoms with Gasteiger partial charge in [-0.25, -0.2) is 8.78 Å². The molecule has 1 amide bonds. The summed E-state index contributed by atoms with van der Waals surface area (Å²) in [6.07, 6.45) is 0. The number of carbonyl (C=O) groups excluding carboxylic acids is 1. The Morgan fingerprint density at radius 2 is 1.88 bits per heavy atom. The van der Waals surface area contributed by atoms with Gasteiger partial charge < -0.3 is 5.32 Å². The summed E-state index contributed by atoms with van der Waals surface area (Å²) in [6.45, 7) is 1.69. The lowest BCUT2D eigenvalue weighted by molar-refractivity contribution is -0.117. The first kappa shape index (κ1) is 15.7. The smallest absolute Gasteiger partial charge is 0.248 e. The van der Waals surface area contributed by atoms with Crippen molar-refractivity contribution in [3.63, 3.8) is 0 Å².